The molecule has 0 amide bonds. The van der Waals surface area contributed by atoms with Crippen molar-refractivity contribution in [2.75, 3.05) is 12.8 Å². The van der Waals surface area contributed by atoms with Crippen LogP contribution in [0.5, 0.6) is 0 Å². The number of benzene rings is 1. The van der Waals surface area contributed by atoms with Crippen LogP contribution in [0.3, 0.4) is 0 Å². The normalized spacial score (nSPS) is 12.6. The van der Waals surface area contributed by atoms with Crippen LogP contribution in [-0.4, -0.2) is 17.1 Å². The van der Waals surface area contributed by atoms with Crippen molar-refractivity contribution in [2.24, 2.45) is 5.92 Å². The number of aromatic nitrogens is 2. The van der Waals surface area contributed by atoms with Crippen molar-refractivity contribution in [2.45, 2.75) is 26.4 Å². The lowest BCUT2D eigenvalue weighted by Crippen LogP contribution is -2.13. The van der Waals surface area contributed by atoms with E-state index in [4.69, 9.17) is 10.5 Å². The monoisotopic (exact) mass is 349 g/mol. The summed E-state index contributed by atoms with van der Waals surface area (Å²) in [5, 5.41) is 0. The van der Waals surface area contributed by atoms with Crippen LogP contribution in [0.4, 0.5) is 5.82 Å². The third kappa shape index (κ3) is 3.80. The number of nitrogen functional groups attached to an aromatic ring is 1. The van der Waals surface area contributed by atoms with Gasteiger partial charge >= 0.3 is 0 Å². The first-order valence-corrected chi connectivity index (χ1v) is 7.71. The molecule has 4 nitrogen and oxygen atoms in total. The van der Waals surface area contributed by atoms with Gasteiger partial charge in [-0.15, -0.1) is 0 Å². The molecule has 1 unspecified atom stereocenters. The van der Waals surface area contributed by atoms with Gasteiger partial charge in [0, 0.05) is 7.11 Å². The Balaban J connectivity index is 2.45. The largest absolute Gasteiger partial charge is 0.383 e. The minimum absolute atomic E-state index is 0.312. The number of methoxy groups -OCH3 is 1. The average molecular weight is 350 g/mol. The fourth-order valence-corrected chi connectivity index (χ4v) is 2.53. The lowest BCUT2D eigenvalue weighted by molar-refractivity contribution is 0.129. The van der Waals surface area contributed by atoms with Crippen LogP contribution in [0.2, 0.25) is 0 Å². The summed E-state index contributed by atoms with van der Waals surface area (Å²) >= 11 is 3.48. The van der Waals surface area contributed by atoms with Crippen LogP contribution in [0.25, 0.3) is 0 Å². The highest BCUT2D eigenvalue weighted by molar-refractivity contribution is 9.10. The Labute approximate surface area is 133 Å². The quantitative estimate of drug-likeness (QED) is 0.892. The molecule has 21 heavy (non-hydrogen) atoms. The van der Waals surface area contributed by atoms with Crippen LogP contribution in [-0.2, 0) is 11.2 Å². The molecule has 0 radical (unpaired) electrons. The summed E-state index contributed by atoms with van der Waals surface area (Å²) in [4.78, 5) is 9.04. The molecule has 2 aromatic rings. The summed E-state index contributed by atoms with van der Waals surface area (Å²) in [6.45, 7) is 4.30. The minimum Gasteiger partial charge on any atom is -0.383 e. The molecular formula is C16H20BrN3O. The molecule has 0 fully saturated rings. The highest BCUT2D eigenvalue weighted by Gasteiger charge is 2.20. The van der Waals surface area contributed by atoms with Crippen LogP contribution in [0, 0.1) is 5.92 Å². The molecule has 1 atom stereocenters. The van der Waals surface area contributed by atoms with Gasteiger partial charge in [-0.3, -0.25) is 0 Å². The van der Waals surface area contributed by atoms with E-state index < -0.39 is 0 Å². The molecule has 0 spiro atoms. The van der Waals surface area contributed by atoms with E-state index in [1.807, 2.05) is 30.3 Å². The summed E-state index contributed by atoms with van der Waals surface area (Å²) in [6, 6.07) is 9.91. The lowest BCUT2D eigenvalue weighted by atomic mass is 10.1. The SMILES string of the molecule is COC(c1ccccc1)c1nc(N)c(Br)c(CC(C)C)n1. The van der Waals surface area contributed by atoms with Crippen molar-refractivity contribution in [3.05, 3.63) is 51.9 Å². The van der Waals surface area contributed by atoms with E-state index in [2.05, 4.69) is 39.7 Å². The Bertz CT molecular complexity index is 602. The van der Waals surface area contributed by atoms with Crippen molar-refractivity contribution in [3.8, 4) is 0 Å². The van der Waals surface area contributed by atoms with E-state index in [9.17, 15) is 0 Å². The van der Waals surface area contributed by atoms with E-state index in [1.165, 1.54) is 0 Å². The van der Waals surface area contributed by atoms with Crippen LogP contribution < -0.4 is 5.73 Å². The number of hydrogen-bond donors (Lipinski definition) is 1. The van der Waals surface area contributed by atoms with E-state index in [0.717, 1.165) is 22.2 Å². The molecule has 0 saturated carbocycles. The molecule has 1 heterocycles. The third-order valence-electron chi connectivity index (χ3n) is 3.14. The summed E-state index contributed by atoms with van der Waals surface area (Å²) in [7, 11) is 1.65. The fourth-order valence-electron chi connectivity index (χ4n) is 2.19. The van der Waals surface area contributed by atoms with Crippen LogP contribution in [0.15, 0.2) is 34.8 Å². The van der Waals surface area contributed by atoms with Gasteiger partial charge < -0.3 is 10.5 Å². The van der Waals surface area contributed by atoms with Crippen molar-refractivity contribution in [3.63, 3.8) is 0 Å². The standard InChI is InChI=1S/C16H20BrN3O/c1-10(2)9-12-13(17)15(18)20-16(19-12)14(21-3)11-7-5-4-6-8-11/h4-8,10,14H,9H2,1-3H3,(H2,18,19,20). The molecule has 2 N–H and O–H groups in total. The fraction of sp³-hybridized carbons (Fsp3) is 0.375. The second kappa shape index (κ2) is 7.00. The van der Waals surface area contributed by atoms with Gasteiger partial charge in [-0.2, -0.15) is 0 Å². The number of rotatable bonds is 5. The highest BCUT2D eigenvalue weighted by Crippen LogP contribution is 2.28. The molecule has 1 aromatic heterocycles. The zero-order valence-electron chi connectivity index (χ0n) is 12.5. The van der Waals surface area contributed by atoms with Gasteiger partial charge in [0.05, 0.1) is 10.2 Å². The maximum absolute atomic E-state index is 6.01. The second-order valence-corrected chi connectivity index (χ2v) is 6.15. The summed E-state index contributed by atoms with van der Waals surface area (Å²) in [5.74, 6) is 1.54. The van der Waals surface area contributed by atoms with E-state index in [0.29, 0.717) is 17.6 Å². The predicted molar refractivity (Wildman–Crippen MR) is 88.0 cm³/mol. The topological polar surface area (TPSA) is 61.0 Å². The lowest BCUT2D eigenvalue weighted by Gasteiger charge is -2.17. The number of halogens is 1. The zero-order chi connectivity index (χ0) is 15.4. The molecule has 0 bridgehead atoms. The maximum atomic E-state index is 6.01. The van der Waals surface area contributed by atoms with Gasteiger partial charge in [0.25, 0.3) is 0 Å². The molecule has 112 valence electrons. The first-order chi connectivity index (χ1) is 10.0. The minimum atomic E-state index is -0.312. The van der Waals surface area contributed by atoms with Gasteiger partial charge in [-0.1, -0.05) is 44.2 Å². The third-order valence-corrected chi connectivity index (χ3v) is 4.00. The van der Waals surface area contributed by atoms with Crippen molar-refractivity contribution >= 4 is 21.7 Å². The smallest absolute Gasteiger partial charge is 0.164 e. The summed E-state index contributed by atoms with van der Waals surface area (Å²) < 4.78 is 6.36. The van der Waals surface area contributed by atoms with E-state index in [1.54, 1.807) is 7.11 Å². The Morgan fingerprint density at radius 2 is 1.86 bits per heavy atom. The Morgan fingerprint density at radius 3 is 2.43 bits per heavy atom. The van der Waals surface area contributed by atoms with Gasteiger partial charge in [-0.25, -0.2) is 9.97 Å². The number of nitrogens with zero attached hydrogens (tertiary/aromatic N) is 2. The zero-order valence-corrected chi connectivity index (χ0v) is 14.1. The van der Waals surface area contributed by atoms with Gasteiger partial charge in [0.1, 0.15) is 11.9 Å². The van der Waals surface area contributed by atoms with Crippen molar-refractivity contribution < 1.29 is 4.74 Å². The Hall–Kier alpha value is -1.46. The van der Waals surface area contributed by atoms with Crippen LogP contribution >= 0.6 is 15.9 Å². The van der Waals surface area contributed by atoms with Crippen molar-refractivity contribution in [1.82, 2.24) is 9.97 Å². The Kier molecular flexibility index (Phi) is 5.31. The molecule has 0 saturated heterocycles. The number of ether oxygens (including phenoxy) is 1. The number of nitrogens with two attached hydrogens (primary N) is 1. The molecule has 2 rings (SSSR count). The number of hydrogen-bond acceptors (Lipinski definition) is 4. The van der Waals surface area contributed by atoms with Gasteiger partial charge in [0.15, 0.2) is 5.82 Å². The van der Waals surface area contributed by atoms with Crippen LogP contribution in [0.1, 0.15) is 37.0 Å². The first kappa shape index (κ1) is 15.9. The highest BCUT2D eigenvalue weighted by atomic mass is 79.9. The first-order valence-electron chi connectivity index (χ1n) is 6.92. The van der Waals surface area contributed by atoms with Gasteiger partial charge in [0.2, 0.25) is 0 Å². The van der Waals surface area contributed by atoms with E-state index >= 15 is 0 Å². The summed E-state index contributed by atoms with van der Waals surface area (Å²) in [6.07, 6.45) is 0.526. The van der Waals surface area contributed by atoms with E-state index in [-0.39, 0.29) is 6.10 Å². The predicted octanol–water partition coefficient (Wildman–Crippen LogP) is 3.76. The molecule has 5 heteroatoms. The van der Waals surface area contributed by atoms with Gasteiger partial charge in [-0.05, 0) is 33.8 Å². The second-order valence-electron chi connectivity index (χ2n) is 5.35. The molecule has 0 aliphatic heterocycles. The molecule has 0 aliphatic carbocycles. The maximum Gasteiger partial charge on any atom is 0.164 e. The summed E-state index contributed by atoms with van der Waals surface area (Å²) in [5.41, 5.74) is 7.95. The Morgan fingerprint density at radius 1 is 1.19 bits per heavy atom. The van der Waals surface area contributed by atoms with Crippen molar-refractivity contribution in [1.29, 1.82) is 0 Å². The number of anilines is 1. The molecule has 0 aliphatic rings. The molecular weight excluding hydrogens is 330 g/mol. The average Bonchev–Trinajstić information content (AvgIpc) is 2.45. The molecule has 1 aromatic carbocycles.